The molecule has 2 N–H and O–H groups in total. The van der Waals surface area contributed by atoms with E-state index in [1.54, 1.807) is 0 Å². The monoisotopic (exact) mass is 171 g/mol. The van der Waals surface area contributed by atoms with Crippen LogP contribution >= 0.6 is 0 Å². The van der Waals surface area contributed by atoms with Crippen LogP contribution in [0.1, 0.15) is 32.6 Å². The van der Waals surface area contributed by atoms with Crippen molar-refractivity contribution in [3.63, 3.8) is 0 Å². The normalized spacial score (nSPS) is 27.5. The molecular weight excluding hydrogens is 150 g/mol. The van der Waals surface area contributed by atoms with E-state index in [4.69, 9.17) is 5.11 Å². The minimum absolute atomic E-state index is 0.264. The molecule has 0 aromatic rings. The van der Waals surface area contributed by atoms with Crippen LogP contribution in [0.3, 0.4) is 0 Å². The summed E-state index contributed by atoms with van der Waals surface area (Å²) in [7, 11) is 0. The molecule has 0 aromatic carbocycles. The van der Waals surface area contributed by atoms with Gasteiger partial charge in [-0.15, -0.1) is 0 Å². The quantitative estimate of drug-likeness (QED) is 0.567. The summed E-state index contributed by atoms with van der Waals surface area (Å²) in [5.41, 5.74) is 0. The number of rotatable bonds is 7. The Kier molecular flexibility index (Phi) is 4.62. The van der Waals surface area contributed by atoms with Crippen molar-refractivity contribution < 1.29 is 5.11 Å². The molecule has 1 aliphatic rings. The number of aliphatic hydroxyl groups excluding tert-OH is 1. The lowest BCUT2D eigenvalue weighted by atomic mass is 10.1. The highest BCUT2D eigenvalue weighted by atomic mass is 16.3. The lowest BCUT2D eigenvalue weighted by Crippen LogP contribution is -2.19. The summed E-state index contributed by atoms with van der Waals surface area (Å²) in [6.45, 7) is 4.43. The molecule has 0 heterocycles. The van der Waals surface area contributed by atoms with Gasteiger partial charge in [0.05, 0.1) is 6.61 Å². The van der Waals surface area contributed by atoms with Crippen molar-refractivity contribution in [2.24, 2.45) is 11.8 Å². The fourth-order valence-electron chi connectivity index (χ4n) is 1.66. The van der Waals surface area contributed by atoms with Crippen molar-refractivity contribution in [3.05, 3.63) is 0 Å². The number of nitrogens with one attached hydrogen (secondary N) is 1. The molecule has 0 radical (unpaired) electrons. The molecule has 0 saturated heterocycles. The molecule has 1 aliphatic carbocycles. The fraction of sp³-hybridized carbons (Fsp3) is 1.00. The predicted molar refractivity (Wildman–Crippen MR) is 51.1 cm³/mol. The van der Waals surface area contributed by atoms with Gasteiger partial charge in [0.15, 0.2) is 0 Å². The SMILES string of the molecule is CC1CC1CCCCNCCO. The molecule has 72 valence electrons. The van der Waals surface area contributed by atoms with E-state index in [0.717, 1.165) is 24.9 Å². The number of unbranched alkanes of at least 4 members (excludes halogenated alkanes) is 1. The minimum Gasteiger partial charge on any atom is -0.395 e. The van der Waals surface area contributed by atoms with Gasteiger partial charge in [0.1, 0.15) is 0 Å². The second-order valence-electron chi connectivity index (χ2n) is 3.94. The third-order valence-electron chi connectivity index (χ3n) is 2.74. The maximum atomic E-state index is 8.49. The molecule has 2 nitrogen and oxygen atoms in total. The highest BCUT2D eigenvalue weighted by molar-refractivity contribution is 4.81. The van der Waals surface area contributed by atoms with Gasteiger partial charge in [0, 0.05) is 6.54 Å². The van der Waals surface area contributed by atoms with Gasteiger partial charge < -0.3 is 10.4 Å². The summed E-state index contributed by atoms with van der Waals surface area (Å²) in [5.74, 6) is 2.05. The third kappa shape index (κ3) is 4.07. The van der Waals surface area contributed by atoms with E-state index in [2.05, 4.69) is 12.2 Å². The van der Waals surface area contributed by atoms with E-state index >= 15 is 0 Å². The Morgan fingerprint density at radius 1 is 1.33 bits per heavy atom. The molecular formula is C10H21NO. The van der Waals surface area contributed by atoms with E-state index in [9.17, 15) is 0 Å². The van der Waals surface area contributed by atoms with Crippen LogP contribution in [0.2, 0.25) is 0 Å². The second-order valence-corrected chi connectivity index (χ2v) is 3.94. The van der Waals surface area contributed by atoms with Crippen molar-refractivity contribution in [2.45, 2.75) is 32.6 Å². The zero-order valence-corrected chi connectivity index (χ0v) is 8.05. The van der Waals surface area contributed by atoms with Gasteiger partial charge in [-0.05, 0) is 31.2 Å². The molecule has 1 fully saturated rings. The van der Waals surface area contributed by atoms with Crippen molar-refractivity contribution in [1.29, 1.82) is 0 Å². The molecule has 12 heavy (non-hydrogen) atoms. The molecule has 0 spiro atoms. The largest absolute Gasteiger partial charge is 0.395 e. The van der Waals surface area contributed by atoms with E-state index in [1.807, 2.05) is 0 Å². The van der Waals surface area contributed by atoms with Gasteiger partial charge in [-0.1, -0.05) is 19.8 Å². The zero-order chi connectivity index (χ0) is 8.81. The Balaban J connectivity index is 1.72. The Bertz CT molecular complexity index is 116. The highest BCUT2D eigenvalue weighted by Crippen LogP contribution is 2.41. The number of aliphatic hydroxyl groups is 1. The first-order chi connectivity index (χ1) is 5.84. The van der Waals surface area contributed by atoms with Gasteiger partial charge in [0.2, 0.25) is 0 Å². The summed E-state index contributed by atoms with van der Waals surface area (Å²) in [5, 5.41) is 11.7. The molecule has 0 amide bonds. The first-order valence-corrected chi connectivity index (χ1v) is 5.16. The van der Waals surface area contributed by atoms with Gasteiger partial charge in [-0.3, -0.25) is 0 Å². The van der Waals surface area contributed by atoms with Crippen LogP contribution in [0, 0.1) is 11.8 Å². The standard InChI is InChI=1S/C10H21NO/c1-9-8-10(9)4-2-3-5-11-6-7-12/h9-12H,2-8H2,1H3. The van der Waals surface area contributed by atoms with Crippen molar-refractivity contribution in [1.82, 2.24) is 5.32 Å². The number of hydrogen-bond acceptors (Lipinski definition) is 2. The smallest absolute Gasteiger partial charge is 0.0555 e. The molecule has 0 aliphatic heterocycles. The third-order valence-corrected chi connectivity index (χ3v) is 2.74. The van der Waals surface area contributed by atoms with Gasteiger partial charge in [-0.25, -0.2) is 0 Å². The molecule has 0 bridgehead atoms. The fourth-order valence-corrected chi connectivity index (χ4v) is 1.66. The van der Waals surface area contributed by atoms with E-state index in [1.165, 1.54) is 25.7 Å². The highest BCUT2D eigenvalue weighted by Gasteiger charge is 2.31. The van der Waals surface area contributed by atoms with Crippen LogP contribution in [-0.4, -0.2) is 24.8 Å². The van der Waals surface area contributed by atoms with Crippen molar-refractivity contribution in [2.75, 3.05) is 19.7 Å². The molecule has 1 saturated carbocycles. The summed E-state index contributed by atoms with van der Waals surface area (Å²) in [6, 6.07) is 0. The van der Waals surface area contributed by atoms with Gasteiger partial charge in [0.25, 0.3) is 0 Å². The molecule has 0 aromatic heterocycles. The first kappa shape index (κ1) is 10.0. The molecule has 2 atom stereocenters. The number of hydrogen-bond donors (Lipinski definition) is 2. The van der Waals surface area contributed by atoms with Crippen LogP contribution in [0.4, 0.5) is 0 Å². The second kappa shape index (κ2) is 5.55. The average molecular weight is 171 g/mol. The molecule has 2 unspecified atom stereocenters. The lowest BCUT2D eigenvalue weighted by Gasteiger charge is -2.01. The van der Waals surface area contributed by atoms with Crippen LogP contribution in [0.25, 0.3) is 0 Å². The van der Waals surface area contributed by atoms with Crippen LogP contribution in [0.5, 0.6) is 0 Å². The maximum absolute atomic E-state index is 8.49. The topological polar surface area (TPSA) is 32.3 Å². The van der Waals surface area contributed by atoms with E-state index < -0.39 is 0 Å². The molecule has 2 heteroatoms. The van der Waals surface area contributed by atoms with Crippen LogP contribution < -0.4 is 5.32 Å². The maximum Gasteiger partial charge on any atom is 0.0555 e. The molecule has 1 rings (SSSR count). The average Bonchev–Trinajstić information content (AvgIpc) is 2.74. The van der Waals surface area contributed by atoms with Gasteiger partial charge in [-0.2, -0.15) is 0 Å². The zero-order valence-electron chi connectivity index (χ0n) is 8.05. The minimum atomic E-state index is 0.264. The summed E-state index contributed by atoms with van der Waals surface area (Å²) in [4.78, 5) is 0. The van der Waals surface area contributed by atoms with Crippen LogP contribution in [-0.2, 0) is 0 Å². The van der Waals surface area contributed by atoms with E-state index in [-0.39, 0.29) is 6.61 Å². The van der Waals surface area contributed by atoms with Crippen molar-refractivity contribution >= 4 is 0 Å². The Labute approximate surface area is 75.4 Å². The van der Waals surface area contributed by atoms with E-state index in [0.29, 0.717) is 0 Å². The van der Waals surface area contributed by atoms with Crippen molar-refractivity contribution in [3.8, 4) is 0 Å². The Hall–Kier alpha value is -0.0800. The predicted octanol–water partition coefficient (Wildman–Crippen LogP) is 1.39. The summed E-state index contributed by atoms with van der Waals surface area (Å²) < 4.78 is 0. The Morgan fingerprint density at radius 3 is 2.67 bits per heavy atom. The summed E-state index contributed by atoms with van der Waals surface area (Å²) >= 11 is 0. The summed E-state index contributed by atoms with van der Waals surface area (Å²) in [6.07, 6.45) is 5.50. The van der Waals surface area contributed by atoms with Crippen LogP contribution in [0.15, 0.2) is 0 Å². The lowest BCUT2D eigenvalue weighted by molar-refractivity contribution is 0.292. The van der Waals surface area contributed by atoms with Gasteiger partial charge >= 0.3 is 0 Å². The first-order valence-electron chi connectivity index (χ1n) is 5.16. The Morgan fingerprint density at radius 2 is 2.08 bits per heavy atom.